The van der Waals surface area contributed by atoms with Crippen LogP contribution in [0.1, 0.15) is 27.0 Å². The number of carboxylic acids is 1. The largest absolute Gasteiger partial charge is 0.488 e. The Labute approximate surface area is 220 Å². The van der Waals surface area contributed by atoms with Crippen LogP contribution < -0.4 is 15.0 Å². The molecule has 0 spiro atoms. The third kappa shape index (κ3) is 5.57. The molecule has 1 heterocycles. The Kier molecular flexibility index (Phi) is 7.27. The summed E-state index contributed by atoms with van der Waals surface area (Å²) in [4.78, 5) is 38.0. The fraction of sp³-hybridized carbons (Fsp3) is 0.0769. The van der Waals surface area contributed by atoms with E-state index in [1.54, 1.807) is 42.5 Å². The topological polar surface area (TPSA) is 95.9 Å². The summed E-state index contributed by atoms with van der Waals surface area (Å²) in [7, 11) is 0. The van der Waals surface area contributed by atoms with Gasteiger partial charge in [-0.15, -0.1) is 0 Å². The molecule has 1 fully saturated rings. The molecule has 0 unspecified atom stereocenters. The first-order valence-electron chi connectivity index (χ1n) is 10.5. The summed E-state index contributed by atoms with van der Waals surface area (Å²) in [6.07, 6.45) is 1.52. The summed E-state index contributed by atoms with van der Waals surface area (Å²) in [6, 6.07) is 19.1. The summed E-state index contributed by atoms with van der Waals surface area (Å²) in [5, 5.41) is 11.6. The zero-order valence-corrected chi connectivity index (χ0v) is 21.4. The molecule has 0 saturated carbocycles. The average molecular weight is 598 g/mol. The number of anilines is 1. The highest BCUT2D eigenvalue weighted by Crippen LogP contribution is 2.26. The van der Waals surface area contributed by atoms with Gasteiger partial charge in [0.05, 0.1) is 14.8 Å². The number of carbonyl (C=O) groups excluding carboxylic acids is 2. The summed E-state index contributed by atoms with van der Waals surface area (Å²) in [5.74, 6) is -1.41. The van der Waals surface area contributed by atoms with Gasteiger partial charge >= 0.3 is 5.97 Å². The third-order valence-corrected chi connectivity index (χ3v) is 6.38. The van der Waals surface area contributed by atoms with Gasteiger partial charge in [0.2, 0.25) is 0 Å². The van der Waals surface area contributed by atoms with Crippen molar-refractivity contribution < 1.29 is 24.2 Å². The molecule has 0 atom stereocenters. The lowest BCUT2D eigenvalue weighted by atomic mass is 10.1. The molecule has 35 heavy (non-hydrogen) atoms. The van der Waals surface area contributed by atoms with Crippen LogP contribution in [0.5, 0.6) is 5.75 Å². The van der Waals surface area contributed by atoms with Crippen LogP contribution in [0.15, 0.2) is 72.3 Å². The van der Waals surface area contributed by atoms with Gasteiger partial charge in [-0.05, 0) is 95.3 Å². The van der Waals surface area contributed by atoms with E-state index in [2.05, 4.69) is 27.9 Å². The van der Waals surface area contributed by atoms with Crippen LogP contribution in [-0.2, 0) is 16.2 Å². The fourth-order valence-electron chi connectivity index (χ4n) is 3.38. The van der Waals surface area contributed by atoms with Crippen molar-refractivity contribution in [1.29, 1.82) is 0 Å². The molecule has 1 saturated heterocycles. The monoisotopic (exact) mass is 598 g/mol. The molecule has 0 radical (unpaired) electrons. The molecular weight excluding hydrogens is 579 g/mol. The summed E-state index contributed by atoms with van der Waals surface area (Å²) >= 11 is 7.36. The van der Waals surface area contributed by atoms with E-state index in [0.29, 0.717) is 17.0 Å². The highest BCUT2D eigenvalue weighted by atomic mass is 127. The first-order chi connectivity index (χ1) is 16.7. The minimum Gasteiger partial charge on any atom is -0.488 e. The maximum Gasteiger partial charge on any atom is 0.335 e. The van der Waals surface area contributed by atoms with Crippen molar-refractivity contribution in [1.82, 2.24) is 5.32 Å². The smallest absolute Gasteiger partial charge is 0.335 e. The predicted molar refractivity (Wildman–Crippen MR) is 144 cm³/mol. The lowest BCUT2D eigenvalue weighted by molar-refractivity contribution is -0.122. The van der Waals surface area contributed by atoms with Crippen molar-refractivity contribution in [3.63, 3.8) is 0 Å². The molecule has 0 aliphatic carbocycles. The van der Waals surface area contributed by atoms with Crippen LogP contribution in [0.3, 0.4) is 0 Å². The van der Waals surface area contributed by atoms with E-state index in [1.807, 2.05) is 19.1 Å². The molecule has 3 aromatic rings. The quantitative estimate of drug-likeness (QED) is 0.185. The van der Waals surface area contributed by atoms with E-state index in [9.17, 15) is 14.4 Å². The van der Waals surface area contributed by atoms with Crippen LogP contribution >= 0.6 is 34.8 Å². The molecule has 1 aliphatic heterocycles. The number of carboxylic acid groups (broad SMARTS) is 1. The second kappa shape index (κ2) is 10.4. The predicted octanol–water partition coefficient (Wildman–Crippen LogP) is 4.71. The Morgan fingerprint density at radius 1 is 1.09 bits per heavy atom. The molecule has 7 nitrogen and oxygen atoms in total. The van der Waals surface area contributed by atoms with Crippen molar-refractivity contribution in [3.05, 3.63) is 98.1 Å². The Bertz CT molecular complexity index is 1370. The van der Waals surface area contributed by atoms with E-state index in [4.69, 9.17) is 22.1 Å². The van der Waals surface area contributed by atoms with Gasteiger partial charge in [0.1, 0.15) is 17.9 Å². The molecule has 0 aromatic heterocycles. The van der Waals surface area contributed by atoms with Gasteiger partial charge in [-0.1, -0.05) is 35.9 Å². The molecule has 3 aromatic carbocycles. The SMILES string of the molecule is Cc1ccc(N2C(=O)/C(=C/c3ccc(OCc4ccc(C(=O)O)cc4)c(I)c3)C(=O)NC2=S)cc1. The van der Waals surface area contributed by atoms with Crippen LogP contribution in [0.4, 0.5) is 5.69 Å². The van der Waals surface area contributed by atoms with Crippen LogP contribution in [0.2, 0.25) is 0 Å². The number of aryl methyl sites for hydroxylation is 1. The number of carbonyl (C=O) groups is 3. The van der Waals surface area contributed by atoms with Gasteiger partial charge in [0, 0.05) is 0 Å². The van der Waals surface area contributed by atoms with Gasteiger partial charge in [-0.25, -0.2) is 4.79 Å². The number of aromatic carboxylic acids is 1. The Morgan fingerprint density at radius 2 is 1.77 bits per heavy atom. The summed E-state index contributed by atoms with van der Waals surface area (Å²) in [6.45, 7) is 2.21. The number of ether oxygens (including phenoxy) is 1. The molecular formula is C26H19IN2O5S. The Hall–Kier alpha value is -3.57. The van der Waals surface area contributed by atoms with E-state index >= 15 is 0 Å². The van der Waals surface area contributed by atoms with Crippen molar-refractivity contribution in [3.8, 4) is 5.75 Å². The van der Waals surface area contributed by atoms with Gasteiger partial charge in [-0.2, -0.15) is 0 Å². The minimum absolute atomic E-state index is 0.0258. The van der Waals surface area contributed by atoms with Crippen molar-refractivity contribution in [2.45, 2.75) is 13.5 Å². The van der Waals surface area contributed by atoms with E-state index in [0.717, 1.165) is 14.7 Å². The van der Waals surface area contributed by atoms with E-state index in [-0.39, 0.29) is 22.9 Å². The number of amides is 2. The molecule has 0 bridgehead atoms. The van der Waals surface area contributed by atoms with Gasteiger partial charge in [0.25, 0.3) is 11.8 Å². The van der Waals surface area contributed by atoms with Crippen LogP contribution in [0.25, 0.3) is 6.08 Å². The lowest BCUT2D eigenvalue weighted by Crippen LogP contribution is -2.54. The number of hydrogen-bond acceptors (Lipinski definition) is 5. The Balaban J connectivity index is 1.52. The number of nitrogens with one attached hydrogen (secondary N) is 1. The van der Waals surface area contributed by atoms with Gasteiger partial charge in [0.15, 0.2) is 5.11 Å². The van der Waals surface area contributed by atoms with Gasteiger partial charge < -0.3 is 9.84 Å². The number of nitrogens with zero attached hydrogens (tertiary/aromatic N) is 1. The maximum absolute atomic E-state index is 13.2. The van der Waals surface area contributed by atoms with Crippen LogP contribution in [-0.4, -0.2) is 28.0 Å². The maximum atomic E-state index is 13.2. The highest BCUT2D eigenvalue weighted by Gasteiger charge is 2.34. The van der Waals surface area contributed by atoms with Crippen LogP contribution in [0, 0.1) is 10.5 Å². The van der Waals surface area contributed by atoms with Crippen molar-refractivity contribution >= 4 is 69.5 Å². The van der Waals surface area contributed by atoms with E-state index in [1.165, 1.54) is 23.1 Å². The summed E-state index contributed by atoms with van der Waals surface area (Å²) < 4.78 is 6.65. The number of benzene rings is 3. The minimum atomic E-state index is -0.981. The second-order valence-electron chi connectivity index (χ2n) is 7.77. The molecule has 9 heteroatoms. The van der Waals surface area contributed by atoms with Crippen molar-refractivity contribution in [2.24, 2.45) is 0 Å². The molecule has 2 N–H and O–H groups in total. The third-order valence-electron chi connectivity index (χ3n) is 5.26. The molecule has 2 amide bonds. The highest BCUT2D eigenvalue weighted by molar-refractivity contribution is 14.1. The lowest BCUT2D eigenvalue weighted by Gasteiger charge is -2.29. The number of rotatable bonds is 6. The Morgan fingerprint density at radius 3 is 2.40 bits per heavy atom. The normalized spacial score (nSPS) is 14.7. The standard InChI is InChI=1S/C26H19IN2O5S/c1-15-2-9-19(10-3-15)29-24(31)20(23(30)28-26(29)35)12-17-6-11-22(21(27)13-17)34-14-16-4-7-18(8-5-16)25(32)33/h2-13H,14H2,1H3,(H,32,33)(H,28,30,35)/b20-12+. The molecule has 4 rings (SSSR count). The number of hydrogen-bond donors (Lipinski definition) is 2. The first kappa shape index (κ1) is 24.6. The van der Waals surface area contributed by atoms with E-state index < -0.39 is 17.8 Å². The van der Waals surface area contributed by atoms with Crippen molar-refractivity contribution in [2.75, 3.05) is 4.90 Å². The second-order valence-corrected chi connectivity index (χ2v) is 9.32. The fourth-order valence-corrected chi connectivity index (χ4v) is 4.36. The molecule has 1 aliphatic rings. The molecule has 176 valence electrons. The van der Waals surface area contributed by atoms with Gasteiger partial charge in [-0.3, -0.25) is 19.8 Å². The zero-order valence-electron chi connectivity index (χ0n) is 18.4. The first-order valence-corrected chi connectivity index (χ1v) is 11.9. The average Bonchev–Trinajstić information content (AvgIpc) is 2.82. The number of thiocarbonyl (C=S) groups is 1. The summed E-state index contributed by atoms with van der Waals surface area (Å²) in [5.41, 5.74) is 3.28. The number of halogens is 1. The zero-order chi connectivity index (χ0) is 25.1.